The van der Waals surface area contributed by atoms with Gasteiger partial charge >= 0.3 is 11.4 Å². The summed E-state index contributed by atoms with van der Waals surface area (Å²) in [6.45, 7) is 0. The highest BCUT2D eigenvalue weighted by molar-refractivity contribution is 5.77. The van der Waals surface area contributed by atoms with Crippen LogP contribution in [0.2, 0.25) is 0 Å². The van der Waals surface area contributed by atoms with Crippen LogP contribution < -0.4 is 4.74 Å². The molecule has 0 unspecified atom stereocenters. The number of carbonyl (C=O) groups is 1. The van der Waals surface area contributed by atoms with Gasteiger partial charge in [-0.2, -0.15) is 0 Å². The Morgan fingerprint density at radius 2 is 1.81 bits per heavy atom. The molecule has 0 radical (unpaired) electrons. The minimum atomic E-state index is -0.724. The molecule has 2 rings (SSSR count). The van der Waals surface area contributed by atoms with E-state index >= 15 is 0 Å². The first-order valence-electron chi connectivity index (χ1n) is 5.54. The molecule has 106 valence electrons. The molecule has 0 saturated heterocycles. The summed E-state index contributed by atoms with van der Waals surface area (Å²) in [5, 5.41) is 21.8. The molecule has 0 aliphatic heterocycles. The van der Waals surface area contributed by atoms with E-state index in [2.05, 4.69) is 4.98 Å². The predicted octanol–water partition coefficient (Wildman–Crippen LogP) is 2.50. The summed E-state index contributed by atoms with van der Waals surface area (Å²) in [7, 11) is 0. The normalized spacial score (nSPS) is 9.90. The lowest BCUT2D eigenvalue weighted by Crippen LogP contribution is -1.99. The molecule has 21 heavy (non-hydrogen) atoms. The Bertz CT molecular complexity index is 731. The molecule has 0 amide bonds. The number of aldehydes is 1. The number of nitro benzene ring substituents is 1. The molecule has 0 aliphatic rings. The quantitative estimate of drug-likeness (QED) is 0.470. The molecule has 0 atom stereocenters. The van der Waals surface area contributed by atoms with Crippen LogP contribution in [-0.2, 0) is 0 Å². The van der Waals surface area contributed by atoms with Crippen molar-refractivity contribution in [2.75, 3.05) is 0 Å². The van der Waals surface area contributed by atoms with Gasteiger partial charge in [0, 0.05) is 23.9 Å². The van der Waals surface area contributed by atoms with Gasteiger partial charge in [0.05, 0.1) is 9.85 Å². The van der Waals surface area contributed by atoms with Gasteiger partial charge in [0.15, 0.2) is 0 Å². The average Bonchev–Trinajstić information content (AvgIpc) is 2.47. The Kier molecular flexibility index (Phi) is 3.84. The van der Waals surface area contributed by atoms with Crippen LogP contribution in [-0.4, -0.2) is 21.1 Å². The zero-order valence-electron chi connectivity index (χ0n) is 10.3. The Morgan fingerprint density at radius 1 is 1.10 bits per heavy atom. The van der Waals surface area contributed by atoms with Gasteiger partial charge in [0.2, 0.25) is 5.75 Å². The van der Waals surface area contributed by atoms with Crippen molar-refractivity contribution in [3.8, 4) is 11.6 Å². The fraction of sp³-hybridized carbons (Fsp3) is 0. The van der Waals surface area contributed by atoms with Crippen LogP contribution in [0, 0.1) is 20.2 Å². The maximum Gasteiger partial charge on any atom is 0.331 e. The van der Waals surface area contributed by atoms with Crippen LogP contribution >= 0.6 is 0 Å². The van der Waals surface area contributed by atoms with E-state index in [-0.39, 0.29) is 11.3 Å². The van der Waals surface area contributed by atoms with E-state index in [1.807, 2.05) is 0 Å². The number of nitrogens with zero attached hydrogens (tertiary/aromatic N) is 3. The molecule has 1 aromatic carbocycles. The summed E-state index contributed by atoms with van der Waals surface area (Å²) >= 11 is 0. The Hall–Kier alpha value is -3.36. The first kappa shape index (κ1) is 14.1. The molecule has 0 aliphatic carbocycles. The monoisotopic (exact) mass is 289 g/mol. The first-order valence-corrected chi connectivity index (χ1v) is 5.54. The topological polar surface area (TPSA) is 125 Å². The second-order valence-electron chi connectivity index (χ2n) is 3.79. The Labute approximate surface area is 117 Å². The average molecular weight is 289 g/mol. The van der Waals surface area contributed by atoms with E-state index < -0.39 is 27.1 Å². The number of benzene rings is 1. The summed E-state index contributed by atoms with van der Waals surface area (Å²) in [6.07, 6.45) is 1.72. The fourth-order valence-corrected chi connectivity index (χ4v) is 1.54. The molecule has 9 nitrogen and oxygen atoms in total. The van der Waals surface area contributed by atoms with Crippen molar-refractivity contribution in [3.63, 3.8) is 0 Å². The highest BCUT2D eigenvalue weighted by Crippen LogP contribution is 2.34. The van der Waals surface area contributed by atoms with E-state index in [1.165, 1.54) is 18.3 Å². The third-order valence-electron chi connectivity index (χ3n) is 2.47. The summed E-state index contributed by atoms with van der Waals surface area (Å²) < 4.78 is 5.15. The molecule has 0 N–H and O–H groups in total. The van der Waals surface area contributed by atoms with Crippen LogP contribution in [0.4, 0.5) is 11.4 Å². The van der Waals surface area contributed by atoms with Gasteiger partial charge in [-0.3, -0.25) is 25.0 Å². The molecule has 9 heteroatoms. The Morgan fingerprint density at radius 3 is 2.43 bits per heavy atom. The number of hydrogen-bond acceptors (Lipinski definition) is 7. The number of rotatable bonds is 5. The largest absolute Gasteiger partial charge is 0.426 e. The SMILES string of the molecule is O=Cc1ccc([N+](=O)[O-])c(Oc2ncccc2[N+](=O)[O-])c1. The molecular weight excluding hydrogens is 282 g/mol. The van der Waals surface area contributed by atoms with Crippen molar-refractivity contribution in [1.29, 1.82) is 0 Å². The van der Waals surface area contributed by atoms with Crippen LogP contribution in [0.25, 0.3) is 0 Å². The maximum absolute atomic E-state index is 10.9. The number of nitro groups is 2. The third-order valence-corrected chi connectivity index (χ3v) is 2.47. The number of pyridine rings is 1. The number of aromatic nitrogens is 1. The first-order chi connectivity index (χ1) is 10.0. The molecular formula is C12H7N3O6. The summed E-state index contributed by atoms with van der Waals surface area (Å²) in [6, 6.07) is 5.92. The second kappa shape index (κ2) is 5.74. The van der Waals surface area contributed by atoms with Crippen molar-refractivity contribution in [1.82, 2.24) is 4.98 Å². The Balaban J connectivity index is 2.50. The van der Waals surface area contributed by atoms with E-state index in [0.29, 0.717) is 6.29 Å². The van der Waals surface area contributed by atoms with Gasteiger partial charge in [-0.05, 0) is 18.2 Å². The third kappa shape index (κ3) is 2.97. The minimum Gasteiger partial charge on any atom is -0.426 e. The second-order valence-corrected chi connectivity index (χ2v) is 3.79. The van der Waals surface area contributed by atoms with Crippen molar-refractivity contribution >= 4 is 17.7 Å². The van der Waals surface area contributed by atoms with Gasteiger partial charge < -0.3 is 4.74 Å². The fourth-order valence-electron chi connectivity index (χ4n) is 1.54. The molecule has 1 heterocycles. The summed E-state index contributed by atoms with van der Waals surface area (Å²) in [5.41, 5.74) is -0.738. The van der Waals surface area contributed by atoms with Gasteiger partial charge in [0.1, 0.15) is 6.29 Å². The van der Waals surface area contributed by atoms with Gasteiger partial charge in [0.25, 0.3) is 5.88 Å². The van der Waals surface area contributed by atoms with Gasteiger partial charge in [-0.25, -0.2) is 4.98 Å². The van der Waals surface area contributed by atoms with Crippen LogP contribution in [0.3, 0.4) is 0 Å². The highest BCUT2D eigenvalue weighted by Gasteiger charge is 2.22. The van der Waals surface area contributed by atoms with Gasteiger partial charge in [-0.1, -0.05) is 0 Å². The number of carbonyl (C=O) groups excluding carboxylic acids is 1. The molecule has 1 aromatic heterocycles. The summed E-state index contributed by atoms with van der Waals surface area (Å²) in [5.74, 6) is -0.694. The number of ether oxygens (including phenoxy) is 1. The van der Waals surface area contributed by atoms with Crippen molar-refractivity contribution < 1.29 is 19.4 Å². The number of hydrogen-bond donors (Lipinski definition) is 0. The van der Waals surface area contributed by atoms with Crippen molar-refractivity contribution in [3.05, 3.63) is 62.3 Å². The zero-order chi connectivity index (χ0) is 15.4. The van der Waals surface area contributed by atoms with E-state index in [0.717, 1.165) is 18.2 Å². The molecule has 0 fully saturated rings. The lowest BCUT2D eigenvalue weighted by Gasteiger charge is -2.06. The molecule has 0 spiro atoms. The van der Waals surface area contributed by atoms with Crippen LogP contribution in [0.5, 0.6) is 11.6 Å². The van der Waals surface area contributed by atoms with E-state index in [9.17, 15) is 25.0 Å². The summed E-state index contributed by atoms with van der Waals surface area (Å²) in [4.78, 5) is 34.7. The smallest absolute Gasteiger partial charge is 0.331 e. The van der Waals surface area contributed by atoms with Crippen LogP contribution in [0.15, 0.2) is 36.5 Å². The lowest BCUT2D eigenvalue weighted by atomic mass is 10.2. The van der Waals surface area contributed by atoms with Crippen LogP contribution in [0.1, 0.15) is 10.4 Å². The van der Waals surface area contributed by atoms with Crippen molar-refractivity contribution in [2.24, 2.45) is 0 Å². The van der Waals surface area contributed by atoms with Crippen molar-refractivity contribution in [2.45, 2.75) is 0 Å². The zero-order valence-corrected chi connectivity index (χ0v) is 10.3. The maximum atomic E-state index is 10.9. The minimum absolute atomic E-state index is 0.134. The highest BCUT2D eigenvalue weighted by atomic mass is 16.6. The predicted molar refractivity (Wildman–Crippen MR) is 69.4 cm³/mol. The van der Waals surface area contributed by atoms with Gasteiger partial charge in [-0.15, -0.1) is 0 Å². The van der Waals surface area contributed by atoms with E-state index in [4.69, 9.17) is 4.74 Å². The molecule has 2 aromatic rings. The standard InChI is InChI=1S/C12H7N3O6/c16-7-8-3-4-9(14(17)18)11(6-8)21-12-10(15(19)20)2-1-5-13-12/h1-7H. The molecule has 0 bridgehead atoms. The lowest BCUT2D eigenvalue weighted by molar-refractivity contribution is -0.387. The van der Waals surface area contributed by atoms with E-state index in [1.54, 1.807) is 0 Å². The molecule has 0 saturated carbocycles.